The third-order valence-electron chi connectivity index (χ3n) is 3.46. The Labute approximate surface area is 158 Å². The number of carbonyl (C=O) groups is 1. The molecule has 1 fully saturated rings. The highest BCUT2D eigenvalue weighted by Crippen LogP contribution is 2.20. The van der Waals surface area contributed by atoms with E-state index in [0.717, 1.165) is 11.1 Å². The van der Waals surface area contributed by atoms with E-state index in [-0.39, 0.29) is 18.2 Å². The predicted molar refractivity (Wildman–Crippen MR) is 103 cm³/mol. The molecule has 1 aliphatic rings. The van der Waals surface area contributed by atoms with Crippen molar-refractivity contribution in [1.29, 1.82) is 0 Å². The minimum Gasteiger partial charge on any atom is -0.489 e. The number of hydrazone groups is 1. The predicted octanol–water partition coefficient (Wildman–Crippen LogP) is 3.37. The zero-order valence-electron chi connectivity index (χ0n) is 13.4. The van der Waals surface area contributed by atoms with Crippen LogP contribution in [-0.2, 0) is 11.4 Å². The van der Waals surface area contributed by atoms with E-state index in [1.165, 1.54) is 28.9 Å². The standard InChI is InChI=1S/C17H13N3O4S2/c21-16-11-26-17(25)19(16)18-9-13-2-1-3-15(8-13)24-10-12-4-6-14(7-5-12)20(22)23/h1-9H,10-11H2/b18-9+. The molecule has 9 heteroatoms. The van der Waals surface area contributed by atoms with Crippen LogP contribution in [0.2, 0.25) is 0 Å². The summed E-state index contributed by atoms with van der Waals surface area (Å²) in [5.41, 5.74) is 1.62. The number of ether oxygens (including phenoxy) is 1. The second-order valence-corrected chi connectivity index (χ2v) is 6.90. The number of carbonyl (C=O) groups excluding carboxylic acids is 1. The molecule has 26 heavy (non-hydrogen) atoms. The third kappa shape index (κ3) is 4.44. The van der Waals surface area contributed by atoms with E-state index in [2.05, 4.69) is 5.10 Å². The van der Waals surface area contributed by atoms with E-state index >= 15 is 0 Å². The fourth-order valence-electron chi connectivity index (χ4n) is 2.15. The molecule has 3 rings (SSSR count). The van der Waals surface area contributed by atoms with Gasteiger partial charge in [0, 0.05) is 12.1 Å². The van der Waals surface area contributed by atoms with Gasteiger partial charge in [-0.25, -0.2) is 0 Å². The Balaban J connectivity index is 1.63. The maximum atomic E-state index is 11.6. The van der Waals surface area contributed by atoms with Crippen molar-refractivity contribution in [3.63, 3.8) is 0 Å². The Morgan fingerprint density at radius 2 is 2.08 bits per heavy atom. The quantitative estimate of drug-likeness (QED) is 0.327. The maximum absolute atomic E-state index is 11.6. The second kappa shape index (κ2) is 8.07. The lowest BCUT2D eigenvalue weighted by Gasteiger charge is -2.08. The van der Waals surface area contributed by atoms with Gasteiger partial charge in [0.1, 0.15) is 12.4 Å². The molecule has 0 radical (unpaired) electrons. The summed E-state index contributed by atoms with van der Waals surface area (Å²) in [6.45, 7) is 0.282. The number of amides is 1. The molecule has 0 bridgehead atoms. The molecule has 0 aromatic heterocycles. The SMILES string of the molecule is O=C1CSC(=S)N1/N=C/c1cccc(OCc2ccc([N+](=O)[O-])cc2)c1. The van der Waals surface area contributed by atoms with Crippen LogP contribution in [0.5, 0.6) is 5.75 Å². The Hall–Kier alpha value is -2.78. The number of nitro benzene ring substituents is 1. The molecule has 2 aromatic carbocycles. The van der Waals surface area contributed by atoms with Gasteiger partial charge in [0.25, 0.3) is 11.6 Å². The van der Waals surface area contributed by atoms with Crippen LogP contribution in [0.3, 0.4) is 0 Å². The minimum atomic E-state index is -0.442. The average Bonchev–Trinajstić information content (AvgIpc) is 2.97. The number of nitro groups is 1. The normalized spacial score (nSPS) is 14.2. The van der Waals surface area contributed by atoms with Gasteiger partial charge in [0.2, 0.25) is 0 Å². The molecule has 0 aliphatic carbocycles. The highest BCUT2D eigenvalue weighted by molar-refractivity contribution is 8.23. The largest absolute Gasteiger partial charge is 0.489 e. The lowest BCUT2D eigenvalue weighted by molar-refractivity contribution is -0.384. The zero-order valence-corrected chi connectivity index (χ0v) is 15.0. The van der Waals surface area contributed by atoms with Crippen LogP contribution >= 0.6 is 24.0 Å². The molecular weight excluding hydrogens is 374 g/mol. The van der Waals surface area contributed by atoms with Crippen LogP contribution in [0.1, 0.15) is 11.1 Å². The van der Waals surface area contributed by atoms with Gasteiger partial charge in [-0.15, -0.1) is 0 Å². The molecule has 0 unspecified atom stereocenters. The summed E-state index contributed by atoms with van der Waals surface area (Å²) in [7, 11) is 0. The minimum absolute atomic E-state index is 0.0412. The van der Waals surface area contributed by atoms with Crippen molar-refractivity contribution in [3.05, 3.63) is 69.8 Å². The molecule has 7 nitrogen and oxygen atoms in total. The van der Waals surface area contributed by atoms with Crippen LogP contribution in [-0.4, -0.2) is 32.1 Å². The number of non-ortho nitro benzene ring substituents is 1. The molecule has 1 aliphatic heterocycles. The number of rotatable bonds is 6. The third-order valence-corrected chi connectivity index (χ3v) is 4.80. The first-order valence-electron chi connectivity index (χ1n) is 7.53. The fraction of sp³-hybridized carbons (Fsp3) is 0.118. The van der Waals surface area contributed by atoms with Crippen LogP contribution in [0, 0.1) is 10.1 Å². The number of hydrogen-bond acceptors (Lipinski definition) is 7. The van der Waals surface area contributed by atoms with Crippen LogP contribution in [0.4, 0.5) is 5.69 Å². The highest BCUT2D eigenvalue weighted by atomic mass is 32.2. The smallest absolute Gasteiger partial charge is 0.269 e. The monoisotopic (exact) mass is 387 g/mol. The highest BCUT2D eigenvalue weighted by Gasteiger charge is 2.25. The van der Waals surface area contributed by atoms with Crippen molar-refractivity contribution >= 4 is 46.1 Å². The Kier molecular flexibility index (Phi) is 5.59. The lowest BCUT2D eigenvalue weighted by atomic mass is 10.2. The molecule has 1 amide bonds. The van der Waals surface area contributed by atoms with Gasteiger partial charge in [0.15, 0.2) is 4.32 Å². The molecule has 1 heterocycles. The van der Waals surface area contributed by atoms with E-state index in [1.807, 2.05) is 12.1 Å². The van der Waals surface area contributed by atoms with E-state index in [4.69, 9.17) is 17.0 Å². The van der Waals surface area contributed by atoms with E-state index in [1.54, 1.807) is 30.5 Å². The van der Waals surface area contributed by atoms with Crippen molar-refractivity contribution in [2.75, 3.05) is 5.75 Å². The zero-order chi connectivity index (χ0) is 18.5. The summed E-state index contributed by atoms with van der Waals surface area (Å²) in [6.07, 6.45) is 1.55. The first-order chi connectivity index (χ1) is 12.5. The fourth-order valence-corrected chi connectivity index (χ4v) is 3.11. The molecule has 0 spiro atoms. The summed E-state index contributed by atoms with van der Waals surface area (Å²) in [5.74, 6) is 0.799. The number of benzene rings is 2. The van der Waals surface area contributed by atoms with Crippen molar-refractivity contribution in [2.45, 2.75) is 6.61 Å². The van der Waals surface area contributed by atoms with Crippen LogP contribution < -0.4 is 4.74 Å². The molecule has 2 aromatic rings. The molecule has 1 saturated heterocycles. The summed E-state index contributed by atoms with van der Waals surface area (Å²) in [4.78, 5) is 21.8. The summed E-state index contributed by atoms with van der Waals surface area (Å²) >= 11 is 6.35. The van der Waals surface area contributed by atoms with Gasteiger partial charge >= 0.3 is 0 Å². The van der Waals surface area contributed by atoms with Gasteiger partial charge in [-0.2, -0.15) is 10.1 Å². The first kappa shape index (κ1) is 18.0. The van der Waals surface area contributed by atoms with Crippen molar-refractivity contribution in [1.82, 2.24) is 5.01 Å². The molecule has 0 N–H and O–H groups in total. The first-order valence-corrected chi connectivity index (χ1v) is 8.92. The lowest BCUT2D eigenvalue weighted by Crippen LogP contribution is -2.22. The van der Waals surface area contributed by atoms with E-state index in [9.17, 15) is 14.9 Å². The van der Waals surface area contributed by atoms with Crippen molar-refractivity contribution < 1.29 is 14.5 Å². The maximum Gasteiger partial charge on any atom is 0.269 e. The number of thiocarbonyl (C=S) groups is 1. The van der Waals surface area contributed by atoms with Gasteiger partial charge < -0.3 is 4.74 Å². The van der Waals surface area contributed by atoms with Crippen molar-refractivity contribution in [2.24, 2.45) is 5.10 Å². The topological polar surface area (TPSA) is 85.0 Å². The van der Waals surface area contributed by atoms with Gasteiger partial charge in [-0.05, 0) is 35.4 Å². The van der Waals surface area contributed by atoms with E-state index < -0.39 is 4.92 Å². The Morgan fingerprint density at radius 1 is 1.31 bits per heavy atom. The Bertz CT molecular complexity index is 868. The molecule has 132 valence electrons. The van der Waals surface area contributed by atoms with Gasteiger partial charge in [-0.1, -0.05) is 36.1 Å². The van der Waals surface area contributed by atoms with Crippen molar-refractivity contribution in [3.8, 4) is 5.75 Å². The molecule has 0 atom stereocenters. The number of nitrogens with zero attached hydrogens (tertiary/aromatic N) is 3. The van der Waals surface area contributed by atoms with Crippen LogP contribution in [0.25, 0.3) is 0 Å². The van der Waals surface area contributed by atoms with Gasteiger partial charge in [-0.3, -0.25) is 14.9 Å². The van der Waals surface area contributed by atoms with E-state index in [0.29, 0.717) is 15.8 Å². The summed E-state index contributed by atoms with van der Waals surface area (Å²) in [6, 6.07) is 13.4. The van der Waals surface area contributed by atoms with Crippen LogP contribution in [0.15, 0.2) is 53.6 Å². The average molecular weight is 387 g/mol. The Morgan fingerprint density at radius 3 is 2.73 bits per heavy atom. The molecular formula is C17H13N3O4S2. The molecule has 0 saturated carbocycles. The summed E-state index contributed by atoms with van der Waals surface area (Å²) in [5, 5.41) is 16.0. The van der Waals surface area contributed by atoms with Gasteiger partial charge in [0.05, 0.1) is 16.9 Å². The number of thioether (sulfide) groups is 1. The summed E-state index contributed by atoms with van der Waals surface area (Å²) < 4.78 is 6.15. The number of hydrogen-bond donors (Lipinski definition) is 0. The second-order valence-electron chi connectivity index (χ2n) is 5.29.